The Morgan fingerprint density at radius 1 is 1.53 bits per heavy atom. The third-order valence-corrected chi connectivity index (χ3v) is 3.01. The molecule has 0 radical (unpaired) electrons. The van der Waals surface area contributed by atoms with E-state index in [0.29, 0.717) is 17.7 Å². The third-order valence-electron chi connectivity index (χ3n) is 3.01. The van der Waals surface area contributed by atoms with Crippen LogP contribution in [-0.4, -0.2) is 23.4 Å². The highest BCUT2D eigenvalue weighted by Crippen LogP contribution is 2.32. The van der Waals surface area contributed by atoms with E-state index >= 15 is 0 Å². The lowest BCUT2D eigenvalue weighted by atomic mass is 9.91. The lowest BCUT2D eigenvalue weighted by Crippen LogP contribution is -2.17. The zero-order chi connectivity index (χ0) is 10.8. The highest BCUT2D eigenvalue weighted by molar-refractivity contribution is 5.45. The molecule has 0 spiro atoms. The number of nitrogens with two attached hydrogens (primary N) is 1. The number of nitrogen functional groups attached to an aromatic ring is 1. The first-order chi connectivity index (χ1) is 7.20. The fourth-order valence-electron chi connectivity index (χ4n) is 2.27. The van der Waals surface area contributed by atoms with Crippen molar-refractivity contribution in [2.24, 2.45) is 0 Å². The molecule has 1 atom stereocenters. The van der Waals surface area contributed by atoms with Crippen molar-refractivity contribution < 1.29 is 4.74 Å². The van der Waals surface area contributed by atoms with Gasteiger partial charge in [0.15, 0.2) is 0 Å². The first-order valence-corrected chi connectivity index (χ1v) is 5.61. The summed E-state index contributed by atoms with van der Waals surface area (Å²) in [5, 5.41) is 7.18. The standard InChI is InChI=1S/C11H19N3O/c1-7(2)9-10(13-14-11(9)12)8-4-3-5-15-6-8/h7-8H,3-6H2,1-2H3,(H3,12,13,14). The number of hydrogen-bond acceptors (Lipinski definition) is 3. The van der Waals surface area contributed by atoms with Gasteiger partial charge in [-0.1, -0.05) is 13.8 Å². The summed E-state index contributed by atoms with van der Waals surface area (Å²) in [5.74, 6) is 1.51. The highest BCUT2D eigenvalue weighted by Gasteiger charge is 2.23. The van der Waals surface area contributed by atoms with Crippen LogP contribution < -0.4 is 5.73 Å². The number of nitrogens with one attached hydrogen (secondary N) is 1. The van der Waals surface area contributed by atoms with Crippen LogP contribution in [-0.2, 0) is 4.74 Å². The van der Waals surface area contributed by atoms with Crippen LogP contribution >= 0.6 is 0 Å². The second kappa shape index (κ2) is 4.23. The van der Waals surface area contributed by atoms with Gasteiger partial charge in [-0.05, 0) is 18.8 Å². The molecular formula is C11H19N3O. The summed E-state index contributed by atoms with van der Waals surface area (Å²) >= 11 is 0. The summed E-state index contributed by atoms with van der Waals surface area (Å²) < 4.78 is 5.49. The molecule has 2 rings (SSSR count). The van der Waals surface area contributed by atoms with Gasteiger partial charge in [-0.2, -0.15) is 5.10 Å². The van der Waals surface area contributed by atoms with Crippen molar-refractivity contribution >= 4 is 5.82 Å². The number of ether oxygens (including phenoxy) is 1. The van der Waals surface area contributed by atoms with Crippen molar-refractivity contribution in [2.75, 3.05) is 18.9 Å². The van der Waals surface area contributed by atoms with Gasteiger partial charge in [0, 0.05) is 23.8 Å². The van der Waals surface area contributed by atoms with Crippen molar-refractivity contribution in [1.29, 1.82) is 0 Å². The minimum absolute atomic E-state index is 0.417. The maximum absolute atomic E-state index is 5.87. The molecule has 1 saturated heterocycles. The minimum Gasteiger partial charge on any atom is -0.382 e. The van der Waals surface area contributed by atoms with E-state index in [1.54, 1.807) is 0 Å². The Morgan fingerprint density at radius 2 is 2.33 bits per heavy atom. The van der Waals surface area contributed by atoms with Crippen LogP contribution in [0.25, 0.3) is 0 Å². The molecule has 0 bridgehead atoms. The second-order valence-electron chi connectivity index (χ2n) is 4.50. The molecule has 4 heteroatoms. The first-order valence-electron chi connectivity index (χ1n) is 5.61. The average molecular weight is 209 g/mol. The molecule has 1 aromatic heterocycles. The normalized spacial score (nSPS) is 22.2. The molecule has 1 aliphatic heterocycles. The Morgan fingerprint density at radius 3 is 2.93 bits per heavy atom. The van der Waals surface area contributed by atoms with Gasteiger partial charge in [-0.15, -0.1) is 0 Å². The van der Waals surface area contributed by atoms with E-state index in [4.69, 9.17) is 10.5 Å². The maximum atomic E-state index is 5.87. The Labute approximate surface area is 90.2 Å². The smallest absolute Gasteiger partial charge is 0.148 e. The average Bonchev–Trinajstić information content (AvgIpc) is 2.61. The molecule has 1 aromatic rings. The number of nitrogens with zero attached hydrogens (tertiary/aromatic N) is 1. The van der Waals surface area contributed by atoms with Crippen molar-refractivity contribution in [1.82, 2.24) is 10.2 Å². The zero-order valence-corrected chi connectivity index (χ0v) is 9.42. The van der Waals surface area contributed by atoms with Crippen LogP contribution in [0.15, 0.2) is 0 Å². The van der Waals surface area contributed by atoms with Crippen LogP contribution in [0.2, 0.25) is 0 Å². The van der Waals surface area contributed by atoms with Gasteiger partial charge < -0.3 is 10.5 Å². The lowest BCUT2D eigenvalue weighted by molar-refractivity contribution is 0.0790. The van der Waals surface area contributed by atoms with Crippen molar-refractivity contribution in [2.45, 2.75) is 38.5 Å². The number of hydrogen-bond donors (Lipinski definition) is 2. The van der Waals surface area contributed by atoms with Gasteiger partial charge >= 0.3 is 0 Å². The summed E-state index contributed by atoms with van der Waals surface area (Å²) in [4.78, 5) is 0. The molecule has 4 nitrogen and oxygen atoms in total. The molecule has 1 aliphatic rings. The predicted octanol–water partition coefficient (Wildman–Crippen LogP) is 2.01. The van der Waals surface area contributed by atoms with E-state index in [0.717, 1.165) is 19.6 Å². The molecular weight excluding hydrogens is 190 g/mol. The second-order valence-corrected chi connectivity index (χ2v) is 4.50. The quantitative estimate of drug-likeness (QED) is 0.783. The highest BCUT2D eigenvalue weighted by atomic mass is 16.5. The van der Waals surface area contributed by atoms with E-state index in [-0.39, 0.29) is 0 Å². The van der Waals surface area contributed by atoms with Crippen LogP contribution in [0, 0.1) is 0 Å². The van der Waals surface area contributed by atoms with E-state index in [9.17, 15) is 0 Å². The summed E-state index contributed by atoms with van der Waals surface area (Å²) in [6.45, 7) is 5.97. The van der Waals surface area contributed by atoms with Gasteiger partial charge in [-0.3, -0.25) is 5.10 Å². The molecule has 0 aliphatic carbocycles. The van der Waals surface area contributed by atoms with Crippen LogP contribution in [0.5, 0.6) is 0 Å². The minimum atomic E-state index is 0.417. The fourth-order valence-corrected chi connectivity index (χ4v) is 2.27. The summed E-state index contributed by atoms with van der Waals surface area (Å²) in [5.41, 5.74) is 8.22. The van der Waals surface area contributed by atoms with Gasteiger partial charge in [0.2, 0.25) is 0 Å². The SMILES string of the molecule is CC(C)c1c(N)n[nH]c1C1CCCOC1. The van der Waals surface area contributed by atoms with Gasteiger partial charge in [-0.25, -0.2) is 0 Å². The fraction of sp³-hybridized carbons (Fsp3) is 0.727. The van der Waals surface area contributed by atoms with Crippen LogP contribution in [0.4, 0.5) is 5.82 Å². The molecule has 15 heavy (non-hydrogen) atoms. The number of H-pyrrole nitrogens is 1. The predicted molar refractivity (Wildman–Crippen MR) is 59.9 cm³/mol. The molecule has 0 aromatic carbocycles. The van der Waals surface area contributed by atoms with Crippen molar-refractivity contribution in [3.05, 3.63) is 11.3 Å². The zero-order valence-electron chi connectivity index (χ0n) is 9.42. The van der Waals surface area contributed by atoms with Crippen LogP contribution in [0.1, 0.15) is 49.8 Å². The van der Waals surface area contributed by atoms with Crippen molar-refractivity contribution in [3.63, 3.8) is 0 Å². The van der Waals surface area contributed by atoms with Gasteiger partial charge in [0.1, 0.15) is 5.82 Å². The molecule has 84 valence electrons. The topological polar surface area (TPSA) is 63.9 Å². The Kier molecular flexibility index (Phi) is 2.95. The molecule has 2 heterocycles. The summed E-state index contributed by atoms with van der Waals surface area (Å²) in [6, 6.07) is 0. The number of anilines is 1. The monoisotopic (exact) mass is 209 g/mol. The van der Waals surface area contributed by atoms with E-state index in [1.807, 2.05) is 0 Å². The molecule has 1 fully saturated rings. The molecule has 3 N–H and O–H groups in total. The molecule has 0 amide bonds. The summed E-state index contributed by atoms with van der Waals surface area (Å²) in [7, 11) is 0. The van der Waals surface area contributed by atoms with Gasteiger partial charge in [0.25, 0.3) is 0 Å². The Hall–Kier alpha value is -1.03. The van der Waals surface area contributed by atoms with E-state index in [2.05, 4.69) is 24.0 Å². The number of aromatic amines is 1. The Bertz CT molecular complexity index is 327. The van der Waals surface area contributed by atoms with Crippen LogP contribution in [0.3, 0.4) is 0 Å². The van der Waals surface area contributed by atoms with Crippen molar-refractivity contribution in [3.8, 4) is 0 Å². The largest absolute Gasteiger partial charge is 0.382 e. The molecule has 0 saturated carbocycles. The Balaban J connectivity index is 2.26. The maximum Gasteiger partial charge on any atom is 0.148 e. The first kappa shape index (κ1) is 10.5. The summed E-state index contributed by atoms with van der Waals surface area (Å²) in [6.07, 6.45) is 2.29. The number of aromatic nitrogens is 2. The van der Waals surface area contributed by atoms with Gasteiger partial charge in [0.05, 0.1) is 6.61 Å². The third kappa shape index (κ3) is 2.00. The number of rotatable bonds is 2. The lowest BCUT2D eigenvalue weighted by Gasteiger charge is -2.22. The van der Waals surface area contributed by atoms with E-state index < -0.39 is 0 Å². The molecule has 1 unspecified atom stereocenters. The van der Waals surface area contributed by atoms with E-state index in [1.165, 1.54) is 17.7 Å².